The van der Waals surface area contributed by atoms with Crippen molar-refractivity contribution in [2.24, 2.45) is 0 Å². The quantitative estimate of drug-likeness (QED) is 0.894. The van der Waals surface area contributed by atoms with Gasteiger partial charge in [-0.1, -0.05) is 12.1 Å². The lowest BCUT2D eigenvalue weighted by Gasteiger charge is -2.28. The summed E-state index contributed by atoms with van der Waals surface area (Å²) in [5.74, 6) is 0.362. The fourth-order valence-electron chi connectivity index (χ4n) is 2.75. The number of anilines is 1. The SMILES string of the molecule is COc1ccc(C(=O)Nc2ccccc2C(=O)N2CCNCC2)cc1. The van der Waals surface area contributed by atoms with Gasteiger partial charge >= 0.3 is 0 Å². The summed E-state index contributed by atoms with van der Waals surface area (Å²) in [4.78, 5) is 27.0. The highest BCUT2D eigenvalue weighted by Gasteiger charge is 2.21. The van der Waals surface area contributed by atoms with Gasteiger partial charge in [0.2, 0.25) is 0 Å². The molecule has 0 radical (unpaired) electrons. The number of benzene rings is 2. The van der Waals surface area contributed by atoms with Gasteiger partial charge in [-0.15, -0.1) is 0 Å². The van der Waals surface area contributed by atoms with Crippen LogP contribution in [0.3, 0.4) is 0 Å². The molecule has 25 heavy (non-hydrogen) atoms. The molecule has 6 nitrogen and oxygen atoms in total. The van der Waals surface area contributed by atoms with Crippen molar-refractivity contribution in [1.82, 2.24) is 10.2 Å². The number of hydrogen-bond donors (Lipinski definition) is 2. The van der Waals surface area contributed by atoms with Crippen molar-refractivity contribution >= 4 is 17.5 Å². The number of carbonyl (C=O) groups excluding carboxylic acids is 2. The number of para-hydroxylation sites is 1. The molecule has 0 unspecified atom stereocenters. The standard InChI is InChI=1S/C19H21N3O3/c1-25-15-8-6-14(7-9-15)18(23)21-17-5-3-2-4-16(17)19(24)22-12-10-20-11-13-22/h2-9,20H,10-13H2,1H3,(H,21,23). The van der Waals surface area contributed by atoms with Crippen LogP contribution in [0, 0.1) is 0 Å². The molecule has 2 amide bonds. The van der Waals surface area contributed by atoms with E-state index < -0.39 is 0 Å². The highest BCUT2D eigenvalue weighted by Crippen LogP contribution is 2.19. The fraction of sp³-hybridized carbons (Fsp3) is 0.263. The molecule has 0 spiro atoms. The lowest BCUT2D eigenvalue weighted by Crippen LogP contribution is -2.46. The Kier molecular flexibility index (Phi) is 5.30. The third kappa shape index (κ3) is 3.97. The van der Waals surface area contributed by atoms with E-state index in [-0.39, 0.29) is 11.8 Å². The molecule has 1 saturated heterocycles. The van der Waals surface area contributed by atoms with Crippen LogP contribution in [0.2, 0.25) is 0 Å². The maximum absolute atomic E-state index is 12.8. The van der Waals surface area contributed by atoms with Gasteiger partial charge in [0.1, 0.15) is 5.75 Å². The van der Waals surface area contributed by atoms with Crippen molar-refractivity contribution in [3.8, 4) is 5.75 Å². The molecule has 0 saturated carbocycles. The predicted octanol–water partition coefficient (Wildman–Crippen LogP) is 1.99. The van der Waals surface area contributed by atoms with Crippen LogP contribution in [-0.2, 0) is 0 Å². The Morgan fingerprint density at radius 3 is 2.40 bits per heavy atom. The number of rotatable bonds is 4. The summed E-state index contributed by atoms with van der Waals surface area (Å²) in [6.07, 6.45) is 0. The van der Waals surface area contributed by atoms with Crippen LogP contribution in [0.4, 0.5) is 5.69 Å². The highest BCUT2D eigenvalue weighted by atomic mass is 16.5. The van der Waals surface area contributed by atoms with Gasteiger partial charge in [-0.3, -0.25) is 9.59 Å². The van der Waals surface area contributed by atoms with Crippen LogP contribution >= 0.6 is 0 Å². The average Bonchev–Trinajstić information content (AvgIpc) is 2.68. The molecule has 130 valence electrons. The summed E-state index contributed by atoms with van der Waals surface area (Å²) >= 11 is 0. The minimum absolute atomic E-state index is 0.0628. The molecule has 0 aromatic heterocycles. The third-order valence-electron chi connectivity index (χ3n) is 4.16. The summed E-state index contributed by atoms with van der Waals surface area (Å²) in [6, 6.07) is 13.9. The zero-order chi connectivity index (χ0) is 17.6. The highest BCUT2D eigenvalue weighted by molar-refractivity contribution is 6.09. The summed E-state index contributed by atoms with van der Waals surface area (Å²) in [5.41, 5.74) is 1.53. The van der Waals surface area contributed by atoms with E-state index in [2.05, 4.69) is 10.6 Å². The van der Waals surface area contributed by atoms with Crippen LogP contribution < -0.4 is 15.4 Å². The Morgan fingerprint density at radius 1 is 1.04 bits per heavy atom. The molecular formula is C19H21N3O3. The minimum Gasteiger partial charge on any atom is -0.497 e. The van der Waals surface area contributed by atoms with Gasteiger partial charge in [0.25, 0.3) is 11.8 Å². The molecule has 0 bridgehead atoms. The number of nitrogens with one attached hydrogen (secondary N) is 2. The van der Waals surface area contributed by atoms with Crippen molar-refractivity contribution < 1.29 is 14.3 Å². The lowest BCUT2D eigenvalue weighted by molar-refractivity contribution is 0.0737. The number of carbonyl (C=O) groups is 2. The van der Waals surface area contributed by atoms with Gasteiger partial charge in [0.15, 0.2) is 0 Å². The van der Waals surface area contributed by atoms with Crippen molar-refractivity contribution in [3.63, 3.8) is 0 Å². The van der Waals surface area contributed by atoms with Gasteiger partial charge in [-0.2, -0.15) is 0 Å². The number of methoxy groups -OCH3 is 1. The number of nitrogens with zero attached hydrogens (tertiary/aromatic N) is 1. The normalized spacial score (nSPS) is 14.0. The van der Waals surface area contributed by atoms with Crippen LogP contribution in [-0.4, -0.2) is 50.0 Å². The summed E-state index contributed by atoms with van der Waals surface area (Å²) < 4.78 is 5.10. The van der Waals surface area contributed by atoms with E-state index in [1.54, 1.807) is 60.5 Å². The van der Waals surface area contributed by atoms with Gasteiger partial charge in [-0.05, 0) is 36.4 Å². The molecule has 2 aromatic carbocycles. The molecule has 1 aliphatic heterocycles. The first kappa shape index (κ1) is 17.0. The van der Waals surface area contributed by atoms with E-state index >= 15 is 0 Å². The summed E-state index contributed by atoms with van der Waals surface area (Å²) in [5, 5.41) is 6.07. The molecule has 0 aliphatic carbocycles. The van der Waals surface area contributed by atoms with Crippen LogP contribution in [0.15, 0.2) is 48.5 Å². The predicted molar refractivity (Wildman–Crippen MR) is 96.2 cm³/mol. The van der Waals surface area contributed by atoms with Gasteiger partial charge in [0, 0.05) is 31.7 Å². The number of hydrogen-bond acceptors (Lipinski definition) is 4. The Morgan fingerprint density at radius 2 is 1.72 bits per heavy atom. The second-order valence-corrected chi connectivity index (χ2v) is 5.77. The summed E-state index contributed by atoms with van der Waals surface area (Å²) in [6.45, 7) is 2.90. The molecule has 2 aromatic rings. The van der Waals surface area contributed by atoms with Crippen LogP contribution in [0.5, 0.6) is 5.75 Å². The number of piperazine rings is 1. The van der Waals surface area contributed by atoms with E-state index in [1.165, 1.54) is 0 Å². The van der Waals surface area contributed by atoms with Gasteiger partial charge in [-0.25, -0.2) is 0 Å². The van der Waals surface area contributed by atoms with E-state index in [4.69, 9.17) is 4.74 Å². The third-order valence-corrected chi connectivity index (χ3v) is 4.16. The van der Waals surface area contributed by atoms with E-state index in [0.29, 0.717) is 35.7 Å². The first-order valence-corrected chi connectivity index (χ1v) is 8.23. The molecule has 1 aliphatic rings. The molecule has 2 N–H and O–H groups in total. The van der Waals surface area contributed by atoms with Crippen LogP contribution in [0.25, 0.3) is 0 Å². The lowest BCUT2D eigenvalue weighted by atomic mass is 10.1. The van der Waals surface area contributed by atoms with Crippen molar-refractivity contribution in [2.45, 2.75) is 0 Å². The second kappa shape index (κ2) is 7.81. The molecule has 6 heteroatoms. The smallest absolute Gasteiger partial charge is 0.256 e. The van der Waals surface area contributed by atoms with E-state index in [9.17, 15) is 9.59 Å². The average molecular weight is 339 g/mol. The van der Waals surface area contributed by atoms with Crippen molar-refractivity contribution in [1.29, 1.82) is 0 Å². The Labute approximate surface area is 146 Å². The topological polar surface area (TPSA) is 70.7 Å². The first-order chi connectivity index (χ1) is 12.2. The second-order valence-electron chi connectivity index (χ2n) is 5.77. The molecular weight excluding hydrogens is 318 g/mol. The van der Waals surface area contributed by atoms with Gasteiger partial charge < -0.3 is 20.3 Å². The van der Waals surface area contributed by atoms with Crippen molar-refractivity contribution in [2.75, 3.05) is 38.6 Å². The van der Waals surface area contributed by atoms with Crippen LogP contribution in [0.1, 0.15) is 20.7 Å². The maximum atomic E-state index is 12.8. The molecule has 1 heterocycles. The molecule has 3 rings (SSSR count). The maximum Gasteiger partial charge on any atom is 0.256 e. The zero-order valence-corrected chi connectivity index (χ0v) is 14.1. The Bertz CT molecular complexity index is 753. The summed E-state index contributed by atoms with van der Waals surface area (Å²) in [7, 11) is 1.58. The van der Waals surface area contributed by atoms with Crippen molar-refractivity contribution in [3.05, 3.63) is 59.7 Å². The Hall–Kier alpha value is -2.86. The largest absolute Gasteiger partial charge is 0.497 e. The monoisotopic (exact) mass is 339 g/mol. The minimum atomic E-state index is -0.261. The molecule has 0 atom stereocenters. The fourth-order valence-corrected chi connectivity index (χ4v) is 2.75. The zero-order valence-electron chi connectivity index (χ0n) is 14.1. The first-order valence-electron chi connectivity index (χ1n) is 8.23. The Balaban J connectivity index is 1.77. The van der Waals surface area contributed by atoms with E-state index in [1.807, 2.05) is 0 Å². The van der Waals surface area contributed by atoms with E-state index in [0.717, 1.165) is 13.1 Å². The van der Waals surface area contributed by atoms with Gasteiger partial charge in [0.05, 0.1) is 18.4 Å². The number of ether oxygens (including phenoxy) is 1. The number of amides is 2. The molecule has 1 fully saturated rings.